The second kappa shape index (κ2) is 7.07. The van der Waals surface area contributed by atoms with Crippen LogP contribution < -0.4 is 0 Å². The highest BCUT2D eigenvalue weighted by molar-refractivity contribution is 5.76. The van der Waals surface area contributed by atoms with Gasteiger partial charge >= 0.3 is 5.97 Å². The summed E-state index contributed by atoms with van der Waals surface area (Å²) in [4.78, 5) is 11.5. The second-order valence-electron chi connectivity index (χ2n) is 4.19. The predicted octanol–water partition coefficient (Wildman–Crippen LogP) is 2.76. The van der Waals surface area contributed by atoms with E-state index in [1.165, 1.54) is 0 Å². The van der Waals surface area contributed by atoms with Crippen molar-refractivity contribution in [2.24, 2.45) is 0 Å². The molecule has 0 amide bonds. The normalized spacial score (nSPS) is 12.2. The van der Waals surface area contributed by atoms with Crippen LogP contribution in [0.5, 0.6) is 0 Å². The molecule has 0 aliphatic carbocycles. The molecule has 0 spiro atoms. The minimum Gasteiger partial charge on any atom is -0.464 e. The Kier molecular flexibility index (Phi) is 5.70. The topological polar surface area (TPSA) is 46.5 Å². The van der Waals surface area contributed by atoms with Gasteiger partial charge in [0.1, 0.15) is 0 Å². The predicted molar refractivity (Wildman–Crippen MR) is 66.6 cm³/mol. The highest BCUT2D eigenvalue weighted by Crippen LogP contribution is 2.15. The van der Waals surface area contributed by atoms with E-state index in [2.05, 4.69) is 6.92 Å². The summed E-state index contributed by atoms with van der Waals surface area (Å²) < 4.78 is 5.00. The fraction of sp³-hybridized carbons (Fsp3) is 0.500. The van der Waals surface area contributed by atoms with Crippen LogP contribution in [0, 0.1) is 6.92 Å². The summed E-state index contributed by atoms with van der Waals surface area (Å²) in [7, 11) is 0. The molecule has 1 atom stereocenters. The van der Waals surface area contributed by atoms with Crippen molar-refractivity contribution in [3.05, 3.63) is 35.4 Å². The fourth-order valence-electron chi connectivity index (χ4n) is 1.49. The van der Waals surface area contributed by atoms with Crippen molar-refractivity contribution in [3.63, 3.8) is 0 Å². The molecule has 0 bridgehead atoms. The van der Waals surface area contributed by atoms with Crippen LogP contribution in [-0.2, 0) is 9.53 Å². The van der Waals surface area contributed by atoms with Crippen LogP contribution >= 0.6 is 0 Å². The van der Waals surface area contributed by atoms with Crippen LogP contribution in [0.15, 0.2) is 24.3 Å². The van der Waals surface area contributed by atoms with Gasteiger partial charge in [-0.2, -0.15) is 0 Å². The standard InChI is InChI=1S/C14H20O3/c1-3-4-5-10-17-14(16)13(15)12-8-6-11(2)7-9-12/h6-9,13,15H,3-5,10H2,1-2H3. The molecule has 0 fully saturated rings. The number of hydrogen-bond donors (Lipinski definition) is 1. The Morgan fingerprint density at radius 1 is 1.29 bits per heavy atom. The van der Waals surface area contributed by atoms with Crippen LogP contribution in [0.25, 0.3) is 0 Å². The maximum Gasteiger partial charge on any atom is 0.339 e. The van der Waals surface area contributed by atoms with Gasteiger partial charge in [0, 0.05) is 0 Å². The van der Waals surface area contributed by atoms with E-state index in [9.17, 15) is 9.90 Å². The lowest BCUT2D eigenvalue weighted by Crippen LogP contribution is -2.16. The van der Waals surface area contributed by atoms with Gasteiger partial charge in [-0.15, -0.1) is 0 Å². The Bertz CT molecular complexity index is 343. The number of aryl methyl sites for hydroxylation is 1. The van der Waals surface area contributed by atoms with E-state index in [4.69, 9.17) is 4.74 Å². The van der Waals surface area contributed by atoms with Gasteiger partial charge < -0.3 is 9.84 Å². The minimum absolute atomic E-state index is 0.385. The van der Waals surface area contributed by atoms with Crippen LogP contribution in [-0.4, -0.2) is 17.7 Å². The van der Waals surface area contributed by atoms with Crippen molar-refractivity contribution in [1.82, 2.24) is 0 Å². The Morgan fingerprint density at radius 2 is 1.94 bits per heavy atom. The van der Waals surface area contributed by atoms with Gasteiger partial charge in [0.2, 0.25) is 0 Å². The fourth-order valence-corrected chi connectivity index (χ4v) is 1.49. The lowest BCUT2D eigenvalue weighted by molar-refractivity contribution is -0.154. The quantitative estimate of drug-likeness (QED) is 0.610. The SMILES string of the molecule is CCCCCOC(=O)C(O)c1ccc(C)cc1. The van der Waals surface area contributed by atoms with Gasteiger partial charge in [-0.25, -0.2) is 4.79 Å². The van der Waals surface area contributed by atoms with Crippen LogP contribution in [0.4, 0.5) is 0 Å². The number of esters is 1. The first-order chi connectivity index (χ1) is 8.15. The maximum absolute atomic E-state index is 11.5. The number of rotatable bonds is 6. The van der Waals surface area contributed by atoms with E-state index in [0.29, 0.717) is 12.2 Å². The number of aliphatic hydroxyl groups is 1. The third kappa shape index (κ3) is 4.57. The average Bonchev–Trinajstić information content (AvgIpc) is 2.34. The zero-order valence-electron chi connectivity index (χ0n) is 10.5. The highest BCUT2D eigenvalue weighted by atomic mass is 16.5. The zero-order valence-corrected chi connectivity index (χ0v) is 10.5. The second-order valence-corrected chi connectivity index (χ2v) is 4.19. The molecule has 1 N–H and O–H groups in total. The smallest absolute Gasteiger partial charge is 0.339 e. The molecular weight excluding hydrogens is 216 g/mol. The molecule has 0 saturated heterocycles. The van der Waals surface area contributed by atoms with E-state index >= 15 is 0 Å². The summed E-state index contributed by atoms with van der Waals surface area (Å²) in [6.07, 6.45) is 1.80. The number of aliphatic hydroxyl groups excluding tert-OH is 1. The number of unbranched alkanes of at least 4 members (excludes halogenated alkanes) is 2. The Morgan fingerprint density at radius 3 is 2.53 bits per heavy atom. The van der Waals surface area contributed by atoms with Crippen LogP contribution in [0.2, 0.25) is 0 Å². The summed E-state index contributed by atoms with van der Waals surface area (Å²) in [5, 5.41) is 9.76. The van der Waals surface area contributed by atoms with E-state index in [1.54, 1.807) is 12.1 Å². The van der Waals surface area contributed by atoms with Crippen molar-refractivity contribution in [2.45, 2.75) is 39.2 Å². The summed E-state index contributed by atoms with van der Waals surface area (Å²) in [5.74, 6) is -0.565. The Hall–Kier alpha value is -1.35. The van der Waals surface area contributed by atoms with Crippen LogP contribution in [0.1, 0.15) is 43.4 Å². The molecule has 0 aliphatic rings. The first-order valence-electron chi connectivity index (χ1n) is 6.06. The minimum atomic E-state index is -1.17. The number of ether oxygens (including phenoxy) is 1. The van der Waals surface area contributed by atoms with Gasteiger partial charge in [-0.3, -0.25) is 0 Å². The largest absolute Gasteiger partial charge is 0.464 e. The number of benzene rings is 1. The van der Waals surface area contributed by atoms with E-state index in [-0.39, 0.29) is 0 Å². The highest BCUT2D eigenvalue weighted by Gasteiger charge is 2.18. The third-order valence-corrected chi connectivity index (χ3v) is 2.61. The van der Waals surface area contributed by atoms with Gasteiger partial charge in [0.15, 0.2) is 6.10 Å². The molecule has 0 saturated carbocycles. The van der Waals surface area contributed by atoms with Crippen molar-refractivity contribution >= 4 is 5.97 Å². The molecule has 0 heterocycles. The summed E-state index contributed by atoms with van der Waals surface area (Å²) in [6, 6.07) is 7.21. The van der Waals surface area contributed by atoms with Crippen LogP contribution in [0.3, 0.4) is 0 Å². The molecule has 3 nitrogen and oxygen atoms in total. The van der Waals surface area contributed by atoms with Gasteiger partial charge in [-0.05, 0) is 18.9 Å². The summed E-state index contributed by atoms with van der Waals surface area (Å²) >= 11 is 0. The first kappa shape index (κ1) is 13.7. The molecule has 3 heteroatoms. The molecule has 0 aliphatic heterocycles. The van der Waals surface area contributed by atoms with Gasteiger partial charge in [-0.1, -0.05) is 49.6 Å². The van der Waals surface area contributed by atoms with E-state index in [0.717, 1.165) is 24.8 Å². The Balaban J connectivity index is 2.43. The lowest BCUT2D eigenvalue weighted by Gasteiger charge is -2.11. The molecule has 1 unspecified atom stereocenters. The van der Waals surface area contributed by atoms with Crippen molar-refractivity contribution in [1.29, 1.82) is 0 Å². The molecule has 0 radical (unpaired) electrons. The monoisotopic (exact) mass is 236 g/mol. The molecule has 1 aromatic carbocycles. The summed E-state index contributed by atoms with van der Waals surface area (Å²) in [5.41, 5.74) is 1.67. The zero-order chi connectivity index (χ0) is 12.7. The van der Waals surface area contributed by atoms with Gasteiger partial charge in [0.05, 0.1) is 6.61 Å². The number of hydrogen-bond acceptors (Lipinski definition) is 3. The molecule has 1 aromatic rings. The molecule has 94 valence electrons. The number of carbonyl (C=O) groups is 1. The number of carbonyl (C=O) groups excluding carboxylic acids is 1. The van der Waals surface area contributed by atoms with Crippen molar-refractivity contribution in [3.8, 4) is 0 Å². The van der Waals surface area contributed by atoms with Gasteiger partial charge in [0.25, 0.3) is 0 Å². The average molecular weight is 236 g/mol. The molecule has 0 aromatic heterocycles. The first-order valence-corrected chi connectivity index (χ1v) is 6.06. The molecule has 1 rings (SSSR count). The Labute approximate surface area is 102 Å². The van der Waals surface area contributed by atoms with E-state index < -0.39 is 12.1 Å². The maximum atomic E-state index is 11.5. The lowest BCUT2D eigenvalue weighted by atomic mass is 10.1. The van der Waals surface area contributed by atoms with E-state index in [1.807, 2.05) is 19.1 Å². The third-order valence-electron chi connectivity index (χ3n) is 2.61. The van der Waals surface area contributed by atoms with Crippen molar-refractivity contribution < 1.29 is 14.6 Å². The molecule has 17 heavy (non-hydrogen) atoms. The molecular formula is C14H20O3. The van der Waals surface area contributed by atoms with Crippen molar-refractivity contribution in [2.75, 3.05) is 6.61 Å². The summed E-state index contributed by atoms with van der Waals surface area (Å²) in [6.45, 7) is 4.43.